The number of rotatable bonds is 6. The highest BCUT2D eigenvalue weighted by Crippen LogP contribution is 2.45. The molecule has 0 bridgehead atoms. The van der Waals surface area contributed by atoms with Gasteiger partial charge in [-0.1, -0.05) is 19.4 Å². The summed E-state index contributed by atoms with van der Waals surface area (Å²) in [6.45, 7) is 2.85. The molecule has 1 aromatic carbocycles. The van der Waals surface area contributed by atoms with Crippen LogP contribution in [-0.2, 0) is 6.54 Å². The van der Waals surface area contributed by atoms with Gasteiger partial charge >= 0.3 is 6.18 Å². The van der Waals surface area contributed by atoms with Crippen molar-refractivity contribution in [1.29, 1.82) is 0 Å². The van der Waals surface area contributed by atoms with E-state index in [0.29, 0.717) is 29.3 Å². The first-order valence-electron chi connectivity index (χ1n) is 11.0. The van der Waals surface area contributed by atoms with Crippen molar-refractivity contribution in [3.8, 4) is 11.5 Å². The zero-order valence-corrected chi connectivity index (χ0v) is 18.3. The van der Waals surface area contributed by atoms with Crippen LogP contribution in [0, 0.1) is 0 Å². The predicted octanol–water partition coefficient (Wildman–Crippen LogP) is 4.52. The summed E-state index contributed by atoms with van der Waals surface area (Å²) in [5, 5.41) is 13.9. The number of nitrogens with zero attached hydrogens (tertiary/aromatic N) is 4. The van der Waals surface area contributed by atoms with Crippen LogP contribution in [0.2, 0.25) is 0 Å². The maximum Gasteiger partial charge on any atom is 0.410 e. The number of unbranched alkanes of at least 4 members (excludes halogenated alkanes) is 1. The van der Waals surface area contributed by atoms with Crippen LogP contribution in [0.15, 0.2) is 36.7 Å². The molecule has 2 unspecified atom stereocenters. The topological polar surface area (TPSA) is 95.2 Å². The monoisotopic (exact) mass is 476 g/mol. The number of anilines is 2. The van der Waals surface area contributed by atoms with Gasteiger partial charge in [0.05, 0.1) is 17.9 Å². The summed E-state index contributed by atoms with van der Waals surface area (Å²) in [5.41, 5.74) is 0.950. The Morgan fingerprint density at radius 2 is 2.09 bits per heavy atom. The zero-order valence-electron chi connectivity index (χ0n) is 18.3. The second-order valence-corrected chi connectivity index (χ2v) is 8.26. The lowest BCUT2D eigenvalue weighted by molar-refractivity contribution is -0.173. The highest BCUT2D eigenvalue weighted by molar-refractivity contribution is 6.03. The molecule has 0 radical (unpaired) electrons. The van der Waals surface area contributed by atoms with Crippen LogP contribution < -0.4 is 20.1 Å². The number of benzene rings is 1. The van der Waals surface area contributed by atoms with Crippen LogP contribution in [-0.4, -0.2) is 38.4 Å². The number of ether oxygens (including phenoxy) is 2. The van der Waals surface area contributed by atoms with Crippen LogP contribution in [0.5, 0.6) is 11.5 Å². The van der Waals surface area contributed by atoms with E-state index in [2.05, 4.69) is 27.8 Å². The van der Waals surface area contributed by atoms with Crippen molar-refractivity contribution in [3.05, 3.63) is 47.9 Å². The van der Waals surface area contributed by atoms with Gasteiger partial charge in [0.25, 0.3) is 5.91 Å². The van der Waals surface area contributed by atoms with Crippen molar-refractivity contribution in [2.45, 2.75) is 51.0 Å². The number of nitrogens with one attached hydrogen (secondary N) is 2. The lowest BCUT2D eigenvalue weighted by Gasteiger charge is -2.33. The quantitative estimate of drug-likeness (QED) is 0.543. The summed E-state index contributed by atoms with van der Waals surface area (Å²) in [5.74, 6) is 0.537. The molecule has 180 valence electrons. The van der Waals surface area contributed by atoms with Gasteiger partial charge in [-0.2, -0.15) is 23.4 Å². The van der Waals surface area contributed by atoms with Gasteiger partial charge in [-0.15, -0.1) is 0 Å². The SMILES string of the molecule is CCCCn1cc(NC(=O)c2cc3n(n2)C(C(F)(F)F)CC(c2ccc4c(c2)OCO4)N3)cn1. The molecule has 2 aliphatic rings. The molecule has 1 amide bonds. The van der Waals surface area contributed by atoms with Crippen LogP contribution in [0.1, 0.15) is 54.3 Å². The van der Waals surface area contributed by atoms with Crippen LogP contribution in [0.3, 0.4) is 0 Å². The molecule has 0 saturated carbocycles. The van der Waals surface area contributed by atoms with Crippen molar-refractivity contribution in [1.82, 2.24) is 19.6 Å². The summed E-state index contributed by atoms with van der Waals surface area (Å²) in [6.07, 6.45) is 0.279. The highest BCUT2D eigenvalue weighted by atomic mass is 19.4. The second kappa shape index (κ2) is 8.58. The van der Waals surface area contributed by atoms with Crippen molar-refractivity contribution in [2.75, 3.05) is 17.4 Å². The van der Waals surface area contributed by atoms with Gasteiger partial charge in [0.1, 0.15) is 5.82 Å². The maximum absolute atomic E-state index is 13.9. The van der Waals surface area contributed by atoms with Gasteiger partial charge in [-0.25, -0.2) is 4.68 Å². The number of carbonyl (C=O) groups is 1. The van der Waals surface area contributed by atoms with Crippen LogP contribution in [0.4, 0.5) is 24.7 Å². The number of fused-ring (bicyclic) bond motifs is 2. The van der Waals surface area contributed by atoms with E-state index in [-0.39, 0.29) is 24.7 Å². The van der Waals surface area contributed by atoms with Crippen molar-refractivity contribution >= 4 is 17.4 Å². The van der Waals surface area contributed by atoms with Gasteiger partial charge in [0.2, 0.25) is 6.79 Å². The van der Waals surface area contributed by atoms with E-state index in [1.165, 1.54) is 12.3 Å². The minimum atomic E-state index is -4.55. The van der Waals surface area contributed by atoms with Crippen molar-refractivity contribution in [3.63, 3.8) is 0 Å². The zero-order chi connectivity index (χ0) is 23.9. The largest absolute Gasteiger partial charge is 0.454 e. The molecule has 5 rings (SSSR count). The Kier molecular flexibility index (Phi) is 5.58. The van der Waals surface area contributed by atoms with Crippen molar-refractivity contribution < 1.29 is 27.4 Å². The summed E-state index contributed by atoms with van der Waals surface area (Å²) >= 11 is 0. The molecular weight excluding hydrogens is 453 g/mol. The minimum Gasteiger partial charge on any atom is -0.454 e. The Morgan fingerprint density at radius 1 is 1.26 bits per heavy atom. The van der Waals surface area contributed by atoms with Crippen LogP contribution in [0.25, 0.3) is 0 Å². The van der Waals surface area contributed by atoms with E-state index < -0.39 is 24.2 Å². The lowest BCUT2D eigenvalue weighted by atomic mass is 9.96. The first-order valence-corrected chi connectivity index (χ1v) is 11.0. The fraction of sp³-hybridized carbons (Fsp3) is 0.409. The molecule has 12 heteroatoms. The van der Waals surface area contributed by atoms with Gasteiger partial charge in [0, 0.05) is 25.2 Å². The van der Waals surface area contributed by atoms with E-state index >= 15 is 0 Å². The Bertz CT molecular complexity index is 1200. The summed E-state index contributed by atoms with van der Waals surface area (Å²) in [7, 11) is 0. The number of carbonyl (C=O) groups excluding carboxylic acids is 1. The van der Waals surface area contributed by atoms with E-state index in [0.717, 1.165) is 17.5 Å². The van der Waals surface area contributed by atoms with E-state index in [1.807, 2.05) is 0 Å². The summed E-state index contributed by atoms with van der Waals surface area (Å²) in [4.78, 5) is 12.7. The smallest absolute Gasteiger partial charge is 0.410 e. The summed E-state index contributed by atoms with van der Waals surface area (Å²) in [6, 6.07) is 3.83. The molecule has 0 fully saturated rings. The third-order valence-electron chi connectivity index (χ3n) is 5.85. The normalized spacial score (nSPS) is 18.9. The molecule has 0 spiro atoms. The number of aryl methyl sites for hydroxylation is 1. The van der Waals surface area contributed by atoms with E-state index in [1.54, 1.807) is 29.1 Å². The first-order chi connectivity index (χ1) is 16.3. The lowest BCUT2D eigenvalue weighted by Crippen LogP contribution is -2.35. The minimum absolute atomic E-state index is 0.0742. The Morgan fingerprint density at radius 3 is 2.88 bits per heavy atom. The fourth-order valence-corrected chi connectivity index (χ4v) is 4.10. The molecule has 2 aliphatic heterocycles. The predicted molar refractivity (Wildman–Crippen MR) is 116 cm³/mol. The number of amides is 1. The molecule has 3 aromatic rings. The Hall–Kier alpha value is -3.70. The van der Waals surface area contributed by atoms with E-state index in [4.69, 9.17) is 9.47 Å². The third kappa shape index (κ3) is 4.27. The maximum atomic E-state index is 13.9. The number of aromatic nitrogens is 4. The third-order valence-corrected chi connectivity index (χ3v) is 5.85. The number of hydrogen-bond acceptors (Lipinski definition) is 6. The van der Waals surface area contributed by atoms with Gasteiger partial charge in [-0.05, 0) is 24.1 Å². The number of alkyl halides is 3. The number of halogens is 3. The van der Waals surface area contributed by atoms with Gasteiger partial charge < -0.3 is 20.1 Å². The molecule has 2 aromatic heterocycles. The molecule has 2 atom stereocenters. The number of hydrogen-bond donors (Lipinski definition) is 2. The first kappa shape index (κ1) is 22.1. The van der Waals surface area contributed by atoms with Crippen LogP contribution >= 0.6 is 0 Å². The second-order valence-electron chi connectivity index (χ2n) is 8.26. The molecule has 2 N–H and O–H groups in total. The Balaban J connectivity index is 1.38. The van der Waals surface area contributed by atoms with Gasteiger partial charge in [0.15, 0.2) is 23.2 Å². The molecule has 4 heterocycles. The molecular formula is C22H23F3N6O3. The average Bonchev–Trinajstić information content (AvgIpc) is 3.54. The standard InChI is InChI=1S/C22H23F3N6O3/c1-2-3-6-30-11-14(10-26-30)27-21(32)16-9-20-28-15(8-19(22(23,24)25)31(20)29-16)13-4-5-17-18(7-13)34-12-33-17/h4-5,7,9-11,15,19,28H,2-3,6,8,12H2,1H3,(H,27,32). The molecule has 0 saturated heterocycles. The molecule has 9 nitrogen and oxygen atoms in total. The molecule has 34 heavy (non-hydrogen) atoms. The average molecular weight is 476 g/mol. The van der Waals surface area contributed by atoms with Crippen molar-refractivity contribution in [2.24, 2.45) is 0 Å². The van der Waals surface area contributed by atoms with Gasteiger partial charge in [-0.3, -0.25) is 9.48 Å². The Labute approximate surface area is 192 Å². The van der Waals surface area contributed by atoms with E-state index in [9.17, 15) is 18.0 Å². The highest BCUT2D eigenvalue weighted by Gasteiger charge is 2.47. The summed E-state index contributed by atoms with van der Waals surface area (Å²) < 4.78 is 55.0. The molecule has 0 aliphatic carbocycles. The fourth-order valence-electron chi connectivity index (χ4n) is 4.10.